The Morgan fingerprint density at radius 3 is 2.95 bits per heavy atom. The molecule has 1 unspecified atom stereocenters. The fraction of sp³-hybridized carbons (Fsp3) is 0.385. The lowest BCUT2D eigenvalue weighted by atomic mass is 10.1. The van der Waals surface area contributed by atoms with Crippen LogP contribution in [-0.2, 0) is 16.0 Å². The summed E-state index contributed by atoms with van der Waals surface area (Å²) in [5.41, 5.74) is 2.54. The Morgan fingerprint density at radius 2 is 2.21 bits per heavy atom. The lowest BCUT2D eigenvalue weighted by Gasteiger charge is -2.11. The van der Waals surface area contributed by atoms with Crippen LogP contribution < -0.4 is 16.0 Å². The molecule has 1 aromatic carbocycles. The molecule has 5 nitrogen and oxygen atoms in total. The summed E-state index contributed by atoms with van der Waals surface area (Å²) in [5, 5.41) is 8.81. The van der Waals surface area contributed by atoms with Crippen LogP contribution in [0.4, 0.5) is 11.4 Å². The predicted octanol–water partition coefficient (Wildman–Crippen LogP) is 1.29. The first kappa shape index (κ1) is 13.8. The van der Waals surface area contributed by atoms with Crippen LogP contribution in [0.5, 0.6) is 0 Å². The number of fused-ring (bicyclic) bond motifs is 1. The average Bonchev–Trinajstić information content (AvgIpc) is 2.95. The number of hydrogen-bond acceptors (Lipinski definition) is 3. The van der Waals surface area contributed by atoms with Crippen molar-refractivity contribution in [2.45, 2.75) is 25.3 Å². The summed E-state index contributed by atoms with van der Waals surface area (Å²) in [4.78, 5) is 23.2. The molecule has 1 atom stereocenters. The van der Waals surface area contributed by atoms with Crippen molar-refractivity contribution in [3.05, 3.63) is 23.8 Å². The zero-order valence-electron chi connectivity index (χ0n) is 10.4. The molecule has 1 fully saturated rings. The lowest BCUT2D eigenvalue weighted by Crippen LogP contribution is -2.35. The molecule has 0 aliphatic carbocycles. The van der Waals surface area contributed by atoms with Crippen molar-refractivity contribution < 1.29 is 9.59 Å². The standard InChI is InChI=1S/C13H15N3O2.ClH/c17-12-7-8-6-9(3-4-10(8)16-12)15-13(18)11-2-1-5-14-11;/h3-4,6,11,14H,1-2,5,7H2,(H,15,18)(H,16,17);1H. The largest absolute Gasteiger partial charge is 0.326 e. The molecule has 6 heteroatoms. The maximum atomic E-state index is 11.9. The highest BCUT2D eigenvalue weighted by Gasteiger charge is 2.23. The fourth-order valence-corrected chi connectivity index (χ4v) is 2.44. The number of amides is 2. The molecule has 0 saturated carbocycles. The van der Waals surface area contributed by atoms with Gasteiger partial charge in [0, 0.05) is 11.4 Å². The van der Waals surface area contributed by atoms with Gasteiger partial charge in [-0.15, -0.1) is 12.4 Å². The summed E-state index contributed by atoms with van der Waals surface area (Å²) < 4.78 is 0. The molecule has 0 bridgehead atoms. The maximum absolute atomic E-state index is 11.9. The number of nitrogens with one attached hydrogen (secondary N) is 3. The van der Waals surface area contributed by atoms with Gasteiger partial charge in [-0.3, -0.25) is 9.59 Å². The van der Waals surface area contributed by atoms with Crippen LogP contribution in [0.1, 0.15) is 18.4 Å². The average molecular weight is 282 g/mol. The molecule has 2 aliphatic rings. The van der Waals surface area contributed by atoms with Crippen molar-refractivity contribution >= 4 is 35.6 Å². The van der Waals surface area contributed by atoms with Gasteiger partial charge >= 0.3 is 0 Å². The highest BCUT2D eigenvalue weighted by atomic mass is 35.5. The summed E-state index contributed by atoms with van der Waals surface area (Å²) in [6.07, 6.45) is 2.32. The van der Waals surface area contributed by atoms with Gasteiger partial charge in [-0.05, 0) is 43.1 Å². The van der Waals surface area contributed by atoms with Gasteiger partial charge in [-0.1, -0.05) is 0 Å². The third-order valence-electron chi connectivity index (χ3n) is 3.37. The van der Waals surface area contributed by atoms with E-state index in [0.717, 1.165) is 36.3 Å². The highest BCUT2D eigenvalue weighted by molar-refractivity contribution is 6.00. The van der Waals surface area contributed by atoms with Gasteiger partial charge < -0.3 is 16.0 Å². The normalized spacial score (nSPS) is 20.4. The minimum absolute atomic E-state index is 0. The van der Waals surface area contributed by atoms with Gasteiger partial charge in [0.25, 0.3) is 0 Å². The Balaban J connectivity index is 0.00000133. The van der Waals surface area contributed by atoms with Crippen molar-refractivity contribution in [2.24, 2.45) is 0 Å². The summed E-state index contributed by atoms with van der Waals surface area (Å²) in [7, 11) is 0. The number of carbonyl (C=O) groups is 2. The zero-order chi connectivity index (χ0) is 12.5. The third-order valence-corrected chi connectivity index (χ3v) is 3.37. The molecule has 1 aromatic rings. The molecule has 3 rings (SSSR count). The van der Waals surface area contributed by atoms with E-state index >= 15 is 0 Å². The van der Waals surface area contributed by atoms with E-state index in [1.807, 2.05) is 18.2 Å². The Morgan fingerprint density at radius 1 is 1.37 bits per heavy atom. The summed E-state index contributed by atoms with van der Waals surface area (Å²) >= 11 is 0. The summed E-state index contributed by atoms with van der Waals surface area (Å²) in [6.45, 7) is 0.903. The smallest absolute Gasteiger partial charge is 0.241 e. The van der Waals surface area contributed by atoms with Crippen LogP contribution in [0, 0.1) is 0 Å². The van der Waals surface area contributed by atoms with Gasteiger partial charge in [0.1, 0.15) is 0 Å². The molecule has 19 heavy (non-hydrogen) atoms. The van der Waals surface area contributed by atoms with Gasteiger partial charge in [-0.25, -0.2) is 0 Å². The minimum Gasteiger partial charge on any atom is -0.326 e. The van der Waals surface area contributed by atoms with Crippen LogP contribution >= 0.6 is 12.4 Å². The second kappa shape index (κ2) is 5.59. The Bertz CT molecular complexity index is 513. The topological polar surface area (TPSA) is 70.2 Å². The van der Waals surface area contributed by atoms with Crippen molar-refractivity contribution in [2.75, 3.05) is 17.2 Å². The van der Waals surface area contributed by atoms with Crippen LogP contribution in [0.3, 0.4) is 0 Å². The van der Waals surface area contributed by atoms with Crippen molar-refractivity contribution in [3.8, 4) is 0 Å². The second-order valence-corrected chi connectivity index (χ2v) is 4.74. The molecule has 0 aromatic heterocycles. The summed E-state index contributed by atoms with van der Waals surface area (Å²) in [5.74, 6) is 0.00988. The first-order valence-corrected chi connectivity index (χ1v) is 6.19. The highest BCUT2D eigenvalue weighted by Crippen LogP contribution is 2.26. The first-order chi connectivity index (χ1) is 8.72. The van der Waals surface area contributed by atoms with E-state index in [9.17, 15) is 9.59 Å². The predicted molar refractivity (Wildman–Crippen MR) is 75.7 cm³/mol. The molecule has 2 amide bonds. The van der Waals surface area contributed by atoms with Crippen LogP contribution in [-0.4, -0.2) is 24.4 Å². The monoisotopic (exact) mass is 281 g/mol. The van der Waals surface area contributed by atoms with E-state index in [0.29, 0.717) is 6.42 Å². The van der Waals surface area contributed by atoms with Crippen molar-refractivity contribution in [1.82, 2.24) is 5.32 Å². The molecule has 0 spiro atoms. The maximum Gasteiger partial charge on any atom is 0.241 e. The van der Waals surface area contributed by atoms with Crippen LogP contribution in [0.25, 0.3) is 0 Å². The number of benzene rings is 1. The number of hydrogen-bond donors (Lipinski definition) is 3. The van der Waals surface area contributed by atoms with E-state index < -0.39 is 0 Å². The first-order valence-electron chi connectivity index (χ1n) is 6.19. The third kappa shape index (κ3) is 2.88. The number of anilines is 2. The second-order valence-electron chi connectivity index (χ2n) is 4.74. The lowest BCUT2D eigenvalue weighted by molar-refractivity contribution is -0.118. The quantitative estimate of drug-likeness (QED) is 0.765. The number of rotatable bonds is 2. The number of carbonyl (C=O) groups excluding carboxylic acids is 2. The molecule has 102 valence electrons. The van der Waals surface area contributed by atoms with Gasteiger partial charge in [0.15, 0.2) is 0 Å². The van der Waals surface area contributed by atoms with Gasteiger partial charge in [0.05, 0.1) is 12.5 Å². The van der Waals surface area contributed by atoms with E-state index in [2.05, 4.69) is 16.0 Å². The van der Waals surface area contributed by atoms with E-state index in [-0.39, 0.29) is 30.3 Å². The molecular weight excluding hydrogens is 266 g/mol. The van der Waals surface area contributed by atoms with Crippen LogP contribution in [0.2, 0.25) is 0 Å². The summed E-state index contributed by atoms with van der Waals surface area (Å²) in [6, 6.07) is 5.42. The van der Waals surface area contributed by atoms with Crippen LogP contribution in [0.15, 0.2) is 18.2 Å². The number of halogens is 1. The van der Waals surface area contributed by atoms with Gasteiger partial charge in [-0.2, -0.15) is 0 Å². The fourth-order valence-electron chi connectivity index (χ4n) is 2.44. The Hall–Kier alpha value is -1.59. The van der Waals surface area contributed by atoms with E-state index in [1.54, 1.807) is 0 Å². The van der Waals surface area contributed by atoms with Crippen molar-refractivity contribution in [1.29, 1.82) is 0 Å². The molecule has 1 saturated heterocycles. The minimum atomic E-state index is -0.0852. The Kier molecular flexibility index (Phi) is 4.07. The Labute approximate surface area is 117 Å². The zero-order valence-corrected chi connectivity index (χ0v) is 11.2. The molecular formula is C13H16ClN3O2. The molecule has 2 heterocycles. The van der Waals surface area contributed by atoms with Gasteiger partial charge in [0.2, 0.25) is 11.8 Å². The SMILES string of the molecule is Cl.O=C1Cc2cc(NC(=O)C3CCCN3)ccc2N1. The van der Waals surface area contributed by atoms with E-state index in [4.69, 9.17) is 0 Å². The molecule has 2 aliphatic heterocycles. The molecule has 0 radical (unpaired) electrons. The van der Waals surface area contributed by atoms with E-state index in [1.165, 1.54) is 0 Å². The molecule has 3 N–H and O–H groups in total. The van der Waals surface area contributed by atoms with Crippen molar-refractivity contribution in [3.63, 3.8) is 0 Å².